The minimum Gasteiger partial charge on any atom is -0.277 e. The zero-order chi connectivity index (χ0) is 42.1. The van der Waals surface area contributed by atoms with Gasteiger partial charge < -0.3 is 0 Å². The summed E-state index contributed by atoms with van der Waals surface area (Å²) >= 11 is 0. The van der Waals surface area contributed by atoms with Gasteiger partial charge in [0.2, 0.25) is 0 Å². The second-order valence-electron chi connectivity index (χ2n) is 16.6. The van der Waals surface area contributed by atoms with Crippen molar-refractivity contribution in [3.63, 3.8) is 0 Å². The molecule has 0 aliphatic rings. The molecule has 2 aromatic carbocycles. The number of pyridine rings is 2. The molecule has 0 unspecified atom stereocenters. The third kappa shape index (κ3) is 10.9. The molecule has 0 aliphatic heterocycles. The molecule has 310 valence electrons. The van der Waals surface area contributed by atoms with Crippen LogP contribution in [0.15, 0.2) is 82.4 Å². The van der Waals surface area contributed by atoms with Gasteiger partial charge in [-0.25, -0.2) is 0 Å². The molecule has 6 aromatic rings. The summed E-state index contributed by atoms with van der Waals surface area (Å²) in [6.45, 7) is 4.51. The number of hydrogen-bond donors (Lipinski definition) is 0. The molecule has 4 aromatic heterocycles. The monoisotopic (exact) mass is 798 g/mol. The van der Waals surface area contributed by atoms with Crippen LogP contribution in [-0.2, 0) is 12.8 Å². The van der Waals surface area contributed by atoms with Crippen LogP contribution in [0.1, 0.15) is 174 Å². The van der Waals surface area contributed by atoms with Crippen LogP contribution in [0.3, 0.4) is 0 Å². The molecular formula is C54H62N4O2. The van der Waals surface area contributed by atoms with Gasteiger partial charge in [0.25, 0.3) is 11.1 Å². The fourth-order valence-electron chi connectivity index (χ4n) is 8.77. The zero-order valence-corrected chi connectivity index (χ0v) is 36.0. The molecule has 0 bridgehead atoms. The van der Waals surface area contributed by atoms with Crippen molar-refractivity contribution in [1.29, 1.82) is 10.5 Å². The highest BCUT2D eigenvalue weighted by Crippen LogP contribution is 2.30. The van der Waals surface area contributed by atoms with E-state index < -0.39 is 0 Å². The number of nitriles is 2. The number of hydrogen-bond acceptors (Lipinski definition) is 4. The highest BCUT2D eigenvalue weighted by atomic mass is 16.1. The van der Waals surface area contributed by atoms with Crippen molar-refractivity contribution in [2.24, 2.45) is 0 Å². The number of benzene rings is 2. The summed E-state index contributed by atoms with van der Waals surface area (Å²) < 4.78 is 3.69. The van der Waals surface area contributed by atoms with Crippen LogP contribution in [-0.4, -0.2) is 8.80 Å². The maximum Gasteiger partial charge on any atom is 0.264 e. The molecule has 0 spiro atoms. The van der Waals surface area contributed by atoms with Crippen molar-refractivity contribution in [2.45, 2.75) is 142 Å². The van der Waals surface area contributed by atoms with Crippen molar-refractivity contribution in [2.75, 3.05) is 0 Å². The molecule has 0 atom stereocenters. The van der Waals surface area contributed by atoms with Gasteiger partial charge >= 0.3 is 0 Å². The van der Waals surface area contributed by atoms with Crippen molar-refractivity contribution in [3.05, 3.63) is 138 Å². The Labute approximate surface area is 356 Å². The van der Waals surface area contributed by atoms with E-state index in [9.17, 15) is 10.5 Å². The number of aryl methyl sites for hydroxylation is 2. The zero-order valence-electron chi connectivity index (χ0n) is 36.0. The molecule has 0 fully saturated rings. The third-order valence-electron chi connectivity index (χ3n) is 12.2. The minimum absolute atomic E-state index is 0.137. The lowest BCUT2D eigenvalue weighted by molar-refractivity contribution is 0.565. The van der Waals surface area contributed by atoms with Crippen molar-refractivity contribution < 1.29 is 0 Å². The molecule has 60 heavy (non-hydrogen) atoms. The topological polar surface area (TPSA) is 90.5 Å². The number of rotatable bonds is 24. The lowest BCUT2D eigenvalue weighted by Crippen LogP contribution is -2.25. The van der Waals surface area contributed by atoms with Gasteiger partial charge in [0.1, 0.15) is 0 Å². The highest BCUT2D eigenvalue weighted by Gasteiger charge is 2.23. The van der Waals surface area contributed by atoms with Gasteiger partial charge in [0.15, 0.2) is 0 Å². The summed E-state index contributed by atoms with van der Waals surface area (Å²) in [5, 5.41) is 19.7. The van der Waals surface area contributed by atoms with E-state index in [1.807, 2.05) is 81.6 Å². The van der Waals surface area contributed by atoms with E-state index >= 15 is 9.59 Å². The standard InChI is InChI=1S/C54H62N4O2/c1-3-5-7-9-11-13-15-17-19-21-47-49-37-35-45(33-31-41-23-27-43(39-55)28-24-41)57(49)54(60)52-48(22-20-18-16-14-12-10-8-6-4-2)50-38-36-46(58(50)53(59)51(47)52)34-32-42-25-29-44(40-56)30-26-42/h23-38H,3-22H2,1-2H3. The molecule has 0 saturated heterocycles. The Kier molecular flexibility index (Phi) is 16.5. The molecule has 0 amide bonds. The first-order valence-corrected chi connectivity index (χ1v) is 22.9. The summed E-state index contributed by atoms with van der Waals surface area (Å²) in [7, 11) is 0. The Morgan fingerprint density at radius 3 is 1.10 bits per heavy atom. The van der Waals surface area contributed by atoms with Crippen LogP contribution in [0.5, 0.6) is 0 Å². The van der Waals surface area contributed by atoms with E-state index in [1.54, 1.807) is 24.3 Å². The molecular weight excluding hydrogens is 737 g/mol. The molecule has 0 aliphatic carbocycles. The summed E-state index contributed by atoms with van der Waals surface area (Å²) in [4.78, 5) is 30.2. The SMILES string of the molecule is CCCCCCCCCCCc1c2c(=O)n3c(C=Cc4ccc(C#N)cc4)ccc3c(CCCCCCCCCCC)c2c(=O)n2c(C=Cc3ccc(C#N)cc3)ccc12. The van der Waals surface area contributed by atoms with Crippen LogP contribution in [0.25, 0.3) is 46.1 Å². The van der Waals surface area contributed by atoms with E-state index in [0.717, 1.165) is 83.2 Å². The van der Waals surface area contributed by atoms with Gasteiger partial charge in [-0.3, -0.25) is 18.4 Å². The molecule has 0 saturated carbocycles. The van der Waals surface area contributed by atoms with Gasteiger partial charge in [0, 0.05) is 11.4 Å². The normalized spacial score (nSPS) is 11.8. The average molecular weight is 799 g/mol. The Morgan fingerprint density at radius 2 is 0.767 bits per heavy atom. The Hall–Kier alpha value is -5.72. The minimum atomic E-state index is -0.137. The molecule has 6 rings (SSSR count). The number of fused-ring (bicyclic) bond motifs is 3. The van der Waals surface area contributed by atoms with Crippen LogP contribution < -0.4 is 11.1 Å². The molecule has 0 N–H and O–H groups in total. The number of nitrogens with zero attached hydrogens (tertiary/aromatic N) is 4. The van der Waals surface area contributed by atoms with Crippen LogP contribution in [0, 0.1) is 22.7 Å². The Bertz CT molecular complexity index is 2400. The summed E-state index contributed by atoms with van der Waals surface area (Å²) in [6.07, 6.45) is 31.1. The van der Waals surface area contributed by atoms with Gasteiger partial charge in [-0.05, 0) is 109 Å². The first kappa shape index (κ1) is 43.8. The Balaban J connectivity index is 1.43. The largest absolute Gasteiger partial charge is 0.277 e. The number of unbranched alkanes of at least 4 members (excludes halogenated alkanes) is 16. The molecule has 6 heteroatoms. The molecule has 6 nitrogen and oxygen atoms in total. The molecule has 0 radical (unpaired) electrons. The van der Waals surface area contributed by atoms with Crippen LogP contribution in [0.2, 0.25) is 0 Å². The fraction of sp³-hybridized carbons (Fsp3) is 0.407. The average Bonchev–Trinajstić information content (AvgIpc) is 3.91. The summed E-state index contributed by atoms with van der Waals surface area (Å²) in [6, 6.07) is 27.3. The second-order valence-corrected chi connectivity index (χ2v) is 16.6. The van der Waals surface area contributed by atoms with E-state index in [1.165, 1.54) is 89.9 Å². The predicted molar refractivity (Wildman–Crippen MR) is 252 cm³/mol. The second kappa shape index (κ2) is 22.6. The fourth-order valence-corrected chi connectivity index (χ4v) is 8.77. The van der Waals surface area contributed by atoms with Crippen molar-refractivity contribution in [3.8, 4) is 12.1 Å². The van der Waals surface area contributed by atoms with Crippen LogP contribution in [0.4, 0.5) is 0 Å². The lowest BCUT2D eigenvalue weighted by atomic mass is 9.95. The smallest absolute Gasteiger partial charge is 0.264 e. The summed E-state index contributed by atoms with van der Waals surface area (Å²) in [5.41, 5.74) is 7.89. The van der Waals surface area contributed by atoms with E-state index in [0.29, 0.717) is 21.9 Å². The van der Waals surface area contributed by atoms with Gasteiger partial charge in [-0.1, -0.05) is 153 Å². The third-order valence-corrected chi connectivity index (χ3v) is 12.2. The molecule has 4 heterocycles. The van der Waals surface area contributed by atoms with Crippen LogP contribution >= 0.6 is 0 Å². The maximum absolute atomic E-state index is 15.1. The quantitative estimate of drug-likeness (QED) is 0.0570. The maximum atomic E-state index is 15.1. The van der Waals surface area contributed by atoms with Gasteiger partial charge in [0.05, 0.1) is 45.1 Å². The van der Waals surface area contributed by atoms with E-state index in [2.05, 4.69) is 26.0 Å². The Morgan fingerprint density at radius 1 is 0.433 bits per heavy atom. The first-order chi connectivity index (χ1) is 29.5. The first-order valence-electron chi connectivity index (χ1n) is 22.9. The predicted octanol–water partition coefficient (Wildman–Crippen LogP) is 13.7. The van der Waals surface area contributed by atoms with Crippen molar-refractivity contribution >= 4 is 46.1 Å². The van der Waals surface area contributed by atoms with E-state index in [-0.39, 0.29) is 11.1 Å². The van der Waals surface area contributed by atoms with Gasteiger partial charge in [-0.2, -0.15) is 10.5 Å². The number of aromatic nitrogens is 2. The lowest BCUT2D eigenvalue weighted by Gasteiger charge is -2.16. The van der Waals surface area contributed by atoms with Crippen molar-refractivity contribution in [1.82, 2.24) is 8.80 Å². The van der Waals surface area contributed by atoms with Gasteiger partial charge in [-0.15, -0.1) is 0 Å². The highest BCUT2D eigenvalue weighted by molar-refractivity contribution is 5.96. The summed E-state index contributed by atoms with van der Waals surface area (Å²) in [5.74, 6) is 0. The van der Waals surface area contributed by atoms with E-state index in [4.69, 9.17) is 0 Å².